The quantitative estimate of drug-likeness (QED) is 0.477. The zero-order chi connectivity index (χ0) is 11.3. The van der Waals surface area contributed by atoms with Gasteiger partial charge in [-0.05, 0) is 0 Å². The van der Waals surface area contributed by atoms with Gasteiger partial charge < -0.3 is 0 Å². The van der Waals surface area contributed by atoms with Crippen molar-refractivity contribution in [3.8, 4) is 0 Å². The van der Waals surface area contributed by atoms with E-state index in [4.69, 9.17) is 69.6 Å². The maximum absolute atomic E-state index is 5.05. The standard InChI is InChI=1S/C2H4Br2.C2H4Cl2.CCl4/c2*3-1-2-4;2-1(3,4)5/h2*1-2H2;. The summed E-state index contributed by atoms with van der Waals surface area (Å²) in [6.07, 6.45) is 0. The van der Waals surface area contributed by atoms with Gasteiger partial charge in [0.15, 0.2) is 0 Å². The summed E-state index contributed by atoms with van der Waals surface area (Å²) in [5.41, 5.74) is 0. The molecule has 0 aromatic heterocycles. The summed E-state index contributed by atoms with van der Waals surface area (Å²) in [7, 11) is 0. The first-order chi connectivity index (χ1) is 5.83. The van der Waals surface area contributed by atoms with Crippen LogP contribution in [0.25, 0.3) is 0 Å². The fourth-order valence-electron chi connectivity index (χ4n) is 0. The van der Waals surface area contributed by atoms with Gasteiger partial charge in [0.1, 0.15) is 0 Å². The second-order valence-corrected chi connectivity index (χ2v) is 6.95. The van der Waals surface area contributed by atoms with Crippen LogP contribution in [0.5, 0.6) is 0 Å². The first-order valence-corrected chi connectivity index (χ1v) is 7.65. The third kappa shape index (κ3) is 107. The molecule has 0 saturated heterocycles. The average molecular weight is 441 g/mol. The van der Waals surface area contributed by atoms with Gasteiger partial charge in [0.05, 0.1) is 0 Å². The highest BCUT2D eigenvalue weighted by molar-refractivity contribution is 9.11. The van der Waals surface area contributed by atoms with Crippen molar-refractivity contribution in [2.24, 2.45) is 0 Å². The molecule has 0 radical (unpaired) electrons. The molecule has 0 spiro atoms. The lowest BCUT2D eigenvalue weighted by Crippen LogP contribution is -1.81. The zero-order valence-electron chi connectivity index (χ0n) is 6.35. The summed E-state index contributed by atoms with van der Waals surface area (Å²) in [6.45, 7) is 0. The van der Waals surface area contributed by atoms with Crippen molar-refractivity contribution in [1.82, 2.24) is 0 Å². The predicted octanol–water partition coefficient (Wildman–Crippen LogP) is 5.79. The number of alkyl halides is 8. The van der Waals surface area contributed by atoms with Gasteiger partial charge in [0, 0.05) is 22.4 Å². The molecule has 0 bridgehead atoms. The monoisotopic (exact) mass is 436 g/mol. The molecule has 0 aromatic carbocycles. The topological polar surface area (TPSA) is 0 Å². The second-order valence-electron chi connectivity index (χ2n) is 1.18. The second kappa shape index (κ2) is 17.1. The van der Waals surface area contributed by atoms with Gasteiger partial charge in [-0.3, -0.25) is 0 Å². The largest absolute Gasteiger partial charge is 0.266 e. The van der Waals surface area contributed by atoms with Crippen LogP contribution in [-0.4, -0.2) is 25.7 Å². The minimum Gasteiger partial charge on any atom is -0.125 e. The van der Waals surface area contributed by atoms with Crippen molar-refractivity contribution >= 4 is 101 Å². The van der Waals surface area contributed by atoms with Crippen molar-refractivity contribution in [1.29, 1.82) is 0 Å². The van der Waals surface area contributed by atoms with Gasteiger partial charge in [-0.25, -0.2) is 0 Å². The van der Waals surface area contributed by atoms with Crippen LogP contribution >= 0.6 is 101 Å². The third-order valence-electron chi connectivity index (χ3n) is 0.143. The highest BCUT2D eigenvalue weighted by Crippen LogP contribution is 2.29. The molecule has 0 fully saturated rings. The lowest BCUT2D eigenvalue weighted by Gasteiger charge is -1.91. The average Bonchev–Trinajstić information content (AvgIpc) is 2.01. The van der Waals surface area contributed by atoms with E-state index in [1.54, 1.807) is 0 Å². The Kier molecular flexibility index (Phi) is 27.7. The molecule has 8 heteroatoms. The number of hydrogen-bond donors (Lipinski definition) is 0. The van der Waals surface area contributed by atoms with Gasteiger partial charge in [-0.15, -0.1) is 23.2 Å². The van der Waals surface area contributed by atoms with E-state index in [0.29, 0.717) is 11.8 Å². The molecule has 0 N–H and O–H groups in total. The van der Waals surface area contributed by atoms with E-state index in [9.17, 15) is 0 Å². The maximum atomic E-state index is 5.05. The van der Waals surface area contributed by atoms with Crippen LogP contribution in [0.1, 0.15) is 0 Å². The Labute approximate surface area is 126 Å². The van der Waals surface area contributed by atoms with E-state index in [0.717, 1.165) is 10.7 Å². The Bertz CT molecular complexity index is 61.9. The van der Waals surface area contributed by atoms with Crippen LogP contribution in [0.15, 0.2) is 0 Å². The molecule has 13 heavy (non-hydrogen) atoms. The minimum atomic E-state index is -1.61. The normalized spacial score (nSPS) is 9.23. The van der Waals surface area contributed by atoms with E-state index >= 15 is 0 Å². The van der Waals surface area contributed by atoms with E-state index in [1.807, 2.05) is 0 Å². The van der Waals surface area contributed by atoms with Gasteiger partial charge in [0.2, 0.25) is 0 Å². The fourth-order valence-corrected chi connectivity index (χ4v) is 0. The lowest BCUT2D eigenvalue weighted by molar-refractivity contribution is 1.52. The Morgan fingerprint density at radius 3 is 0.923 bits per heavy atom. The molecule has 0 atom stereocenters. The summed E-state index contributed by atoms with van der Waals surface area (Å²) in [5, 5.41) is 2.10. The van der Waals surface area contributed by atoms with Crippen LogP contribution in [0.3, 0.4) is 0 Å². The molecule has 0 saturated carbocycles. The Morgan fingerprint density at radius 1 is 0.769 bits per heavy atom. The molecule has 0 aliphatic rings. The van der Waals surface area contributed by atoms with Crippen molar-refractivity contribution in [2.75, 3.05) is 22.4 Å². The molecule has 0 aliphatic heterocycles. The summed E-state index contributed by atoms with van der Waals surface area (Å²) in [5.74, 6) is 1.11. The summed E-state index contributed by atoms with van der Waals surface area (Å²) >= 11 is 35.8. The molecular weight excluding hydrogens is 433 g/mol. The van der Waals surface area contributed by atoms with Gasteiger partial charge >= 0.3 is 0 Å². The molecule has 0 heterocycles. The maximum Gasteiger partial charge on any atom is 0.266 e. The molecular formula is C5H8Br2Cl6. The molecule has 0 nitrogen and oxygen atoms in total. The lowest BCUT2D eigenvalue weighted by atomic mass is 11.0. The number of rotatable bonds is 2. The molecule has 0 rings (SSSR count). The highest BCUT2D eigenvalue weighted by Gasteiger charge is 2.11. The van der Waals surface area contributed by atoms with Crippen LogP contribution < -0.4 is 0 Å². The van der Waals surface area contributed by atoms with Gasteiger partial charge in [-0.1, -0.05) is 78.3 Å². The Morgan fingerprint density at radius 2 is 0.923 bits per heavy atom. The smallest absolute Gasteiger partial charge is 0.125 e. The van der Waals surface area contributed by atoms with Crippen LogP contribution in [0.2, 0.25) is 0 Å². The molecule has 84 valence electrons. The zero-order valence-corrected chi connectivity index (χ0v) is 14.1. The van der Waals surface area contributed by atoms with Gasteiger partial charge in [-0.2, -0.15) is 0 Å². The Hall–Kier alpha value is 2.70. The fraction of sp³-hybridized carbons (Fsp3) is 1.00. The van der Waals surface area contributed by atoms with Crippen LogP contribution in [0.4, 0.5) is 0 Å². The van der Waals surface area contributed by atoms with Crippen molar-refractivity contribution in [2.45, 2.75) is 3.25 Å². The van der Waals surface area contributed by atoms with Crippen molar-refractivity contribution in [3.05, 3.63) is 0 Å². The molecule has 0 unspecified atom stereocenters. The van der Waals surface area contributed by atoms with E-state index < -0.39 is 3.25 Å². The summed E-state index contributed by atoms with van der Waals surface area (Å²) in [4.78, 5) is 0. The van der Waals surface area contributed by atoms with E-state index in [2.05, 4.69) is 31.9 Å². The molecule has 0 aliphatic carbocycles. The predicted molar refractivity (Wildman–Crippen MR) is 75.2 cm³/mol. The van der Waals surface area contributed by atoms with Crippen molar-refractivity contribution in [3.63, 3.8) is 0 Å². The summed E-state index contributed by atoms with van der Waals surface area (Å²) in [6, 6.07) is 0. The first kappa shape index (κ1) is 21.0. The highest BCUT2D eigenvalue weighted by atomic mass is 79.9. The van der Waals surface area contributed by atoms with Crippen LogP contribution in [-0.2, 0) is 0 Å². The van der Waals surface area contributed by atoms with Crippen molar-refractivity contribution < 1.29 is 0 Å². The Balaban J connectivity index is -0.000000117. The third-order valence-corrected chi connectivity index (χ3v) is 2.57. The summed E-state index contributed by atoms with van der Waals surface area (Å²) < 4.78 is -1.61. The minimum absolute atomic E-state index is 0.557. The SMILES string of the molecule is BrCCBr.ClC(Cl)(Cl)Cl.ClCCCl. The van der Waals surface area contributed by atoms with Crippen LogP contribution in [0, 0.1) is 0 Å². The first-order valence-electron chi connectivity index (χ1n) is 2.82. The number of hydrogen-bond acceptors (Lipinski definition) is 0. The molecule has 0 amide bonds. The van der Waals surface area contributed by atoms with Gasteiger partial charge in [0.25, 0.3) is 3.25 Å². The van der Waals surface area contributed by atoms with E-state index in [-0.39, 0.29) is 0 Å². The number of halogens is 8. The van der Waals surface area contributed by atoms with E-state index in [1.165, 1.54) is 0 Å². The molecule has 0 aromatic rings.